The van der Waals surface area contributed by atoms with E-state index in [-0.39, 0.29) is 5.91 Å². The Kier molecular flexibility index (Phi) is 4.44. The van der Waals surface area contributed by atoms with E-state index in [9.17, 15) is 4.79 Å². The quantitative estimate of drug-likeness (QED) is 0.486. The van der Waals surface area contributed by atoms with Crippen LogP contribution in [0.2, 0.25) is 0 Å². The van der Waals surface area contributed by atoms with Crippen molar-refractivity contribution in [3.8, 4) is 11.3 Å². The Hall–Kier alpha value is -3.79. The molecule has 1 aliphatic heterocycles. The first-order valence-electron chi connectivity index (χ1n) is 11.1. The molecule has 10 heteroatoms. The summed E-state index contributed by atoms with van der Waals surface area (Å²) in [6.07, 6.45) is 3.35. The minimum Gasteiger partial charge on any atom is -0.424 e. The van der Waals surface area contributed by atoms with Crippen molar-refractivity contribution in [2.45, 2.75) is 18.4 Å². The number of benzene rings is 1. The maximum Gasteiger partial charge on any atom is 0.295 e. The number of piperazine rings is 1. The molecular weight excluding hydrogens is 420 g/mol. The van der Waals surface area contributed by atoms with Crippen molar-refractivity contribution in [2.24, 2.45) is 5.73 Å². The number of fused-ring (bicyclic) bond motifs is 2. The highest BCUT2D eigenvalue weighted by Gasteiger charge is 2.48. The average molecular weight is 444 g/mol. The minimum atomic E-state index is -0.616. The monoisotopic (exact) mass is 444 g/mol. The number of nitrogens with two attached hydrogens (primary N) is 1. The summed E-state index contributed by atoms with van der Waals surface area (Å²) in [7, 11) is 1.77. The summed E-state index contributed by atoms with van der Waals surface area (Å²) in [6.45, 7) is 2.66. The Morgan fingerprint density at radius 1 is 1.06 bits per heavy atom. The number of carbonyl (C=O) groups is 1. The minimum absolute atomic E-state index is 0.0731. The number of hydrogen-bond acceptors (Lipinski definition) is 9. The molecule has 2 aliphatic rings. The Morgan fingerprint density at radius 2 is 1.88 bits per heavy atom. The molecule has 1 saturated carbocycles. The van der Waals surface area contributed by atoms with Gasteiger partial charge in [0.05, 0.1) is 17.4 Å². The lowest BCUT2D eigenvalue weighted by Crippen LogP contribution is -2.54. The summed E-state index contributed by atoms with van der Waals surface area (Å²) in [5.41, 5.74) is 9.97. The van der Waals surface area contributed by atoms with Crippen LogP contribution >= 0.6 is 0 Å². The van der Waals surface area contributed by atoms with Crippen LogP contribution in [0.15, 0.2) is 40.9 Å². The van der Waals surface area contributed by atoms with Crippen LogP contribution in [0, 0.1) is 0 Å². The van der Waals surface area contributed by atoms with E-state index < -0.39 is 5.54 Å². The molecule has 33 heavy (non-hydrogen) atoms. The first-order chi connectivity index (χ1) is 16.0. The van der Waals surface area contributed by atoms with E-state index in [2.05, 4.69) is 20.2 Å². The molecule has 0 atom stereocenters. The Balaban J connectivity index is 1.24. The molecule has 10 nitrogen and oxygen atoms in total. The van der Waals surface area contributed by atoms with Gasteiger partial charge >= 0.3 is 0 Å². The van der Waals surface area contributed by atoms with E-state index in [0.717, 1.165) is 41.0 Å². The zero-order chi connectivity index (χ0) is 22.6. The van der Waals surface area contributed by atoms with Gasteiger partial charge in [0.2, 0.25) is 5.91 Å². The maximum absolute atomic E-state index is 12.5. The second kappa shape index (κ2) is 7.38. The summed E-state index contributed by atoms with van der Waals surface area (Å²) in [5.74, 6) is 0.836. The van der Waals surface area contributed by atoms with E-state index in [1.54, 1.807) is 13.2 Å². The molecule has 1 aromatic carbocycles. The zero-order valence-electron chi connectivity index (χ0n) is 18.3. The fraction of sp³-hybridized carbons (Fsp3) is 0.348. The fourth-order valence-corrected chi connectivity index (χ4v) is 4.20. The van der Waals surface area contributed by atoms with Gasteiger partial charge in [0.25, 0.3) is 6.01 Å². The number of pyridine rings is 1. The third-order valence-electron chi connectivity index (χ3n) is 6.40. The topological polar surface area (TPSA) is 126 Å². The molecule has 2 fully saturated rings. The van der Waals surface area contributed by atoms with E-state index in [1.807, 2.05) is 35.2 Å². The first kappa shape index (κ1) is 19.9. The van der Waals surface area contributed by atoms with Crippen molar-refractivity contribution in [3.05, 3.63) is 36.5 Å². The summed E-state index contributed by atoms with van der Waals surface area (Å²) in [4.78, 5) is 35.0. The Morgan fingerprint density at radius 3 is 2.64 bits per heavy atom. The van der Waals surface area contributed by atoms with Crippen molar-refractivity contribution in [3.63, 3.8) is 0 Å². The van der Waals surface area contributed by atoms with Gasteiger partial charge < -0.3 is 25.3 Å². The molecule has 0 unspecified atom stereocenters. The second-order valence-electron chi connectivity index (χ2n) is 8.65. The summed E-state index contributed by atoms with van der Waals surface area (Å²) in [6, 6.07) is 10.1. The van der Waals surface area contributed by atoms with E-state index in [0.29, 0.717) is 43.4 Å². The SMILES string of the molecule is CNc1nc2cc(-c3ccc4ncc(N5CCN(C(=O)C6(N)CC6)CC5)nc4n3)ccc2o1. The van der Waals surface area contributed by atoms with Gasteiger partial charge in [-0.15, -0.1) is 0 Å². The number of rotatable bonds is 4. The third-order valence-corrected chi connectivity index (χ3v) is 6.40. The van der Waals surface area contributed by atoms with Crippen LogP contribution in [-0.2, 0) is 4.79 Å². The molecule has 3 N–H and O–H groups in total. The summed E-state index contributed by atoms with van der Waals surface area (Å²) in [5, 5.41) is 2.91. The average Bonchev–Trinajstić information content (AvgIpc) is 3.47. The van der Waals surface area contributed by atoms with E-state index >= 15 is 0 Å². The fourth-order valence-electron chi connectivity index (χ4n) is 4.20. The molecule has 0 radical (unpaired) electrons. The normalized spacial score (nSPS) is 17.5. The summed E-state index contributed by atoms with van der Waals surface area (Å²) >= 11 is 0. The molecule has 0 bridgehead atoms. The van der Waals surface area contributed by atoms with Crippen molar-refractivity contribution in [1.29, 1.82) is 0 Å². The van der Waals surface area contributed by atoms with E-state index in [4.69, 9.17) is 20.1 Å². The molecule has 4 heterocycles. The molecule has 168 valence electrons. The maximum atomic E-state index is 12.5. The van der Waals surface area contributed by atoms with Crippen LogP contribution in [0.1, 0.15) is 12.8 Å². The van der Waals surface area contributed by atoms with Crippen LogP contribution in [0.5, 0.6) is 0 Å². The largest absolute Gasteiger partial charge is 0.424 e. The first-order valence-corrected chi connectivity index (χ1v) is 11.1. The predicted octanol–water partition coefficient (Wildman–Crippen LogP) is 2.01. The highest BCUT2D eigenvalue weighted by molar-refractivity contribution is 5.89. The number of aromatic nitrogens is 4. The number of hydrogen-bond donors (Lipinski definition) is 2. The van der Waals surface area contributed by atoms with Crippen molar-refractivity contribution in [2.75, 3.05) is 43.4 Å². The highest BCUT2D eigenvalue weighted by Crippen LogP contribution is 2.34. The Bertz CT molecular complexity index is 1370. The lowest BCUT2D eigenvalue weighted by atomic mass is 10.1. The molecule has 6 rings (SSSR count). The van der Waals surface area contributed by atoms with Gasteiger partial charge in [-0.3, -0.25) is 4.79 Å². The lowest BCUT2D eigenvalue weighted by Gasteiger charge is -2.36. The lowest BCUT2D eigenvalue weighted by molar-refractivity contribution is -0.133. The van der Waals surface area contributed by atoms with Gasteiger partial charge in [0, 0.05) is 38.8 Å². The van der Waals surface area contributed by atoms with Crippen LogP contribution in [0.4, 0.5) is 11.8 Å². The van der Waals surface area contributed by atoms with Gasteiger partial charge in [0.1, 0.15) is 16.9 Å². The molecular formula is C23H24N8O2. The van der Waals surface area contributed by atoms with Gasteiger partial charge in [-0.1, -0.05) is 0 Å². The molecule has 1 aliphatic carbocycles. The second-order valence-corrected chi connectivity index (χ2v) is 8.65. The molecule has 0 spiro atoms. The van der Waals surface area contributed by atoms with Gasteiger partial charge in [-0.2, -0.15) is 4.98 Å². The third kappa shape index (κ3) is 3.52. The van der Waals surface area contributed by atoms with Crippen LogP contribution < -0.4 is 16.0 Å². The standard InChI is InChI=1S/C23H24N8O2/c1-25-22-28-17-12-14(2-5-18(17)33-22)15-3-4-16-20(27-15)29-19(13-26-16)30-8-10-31(11-9-30)21(32)23(24)6-7-23/h2-5,12-13H,6-11,24H2,1H3,(H,25,28). The van der Waals surface area contributed by atoms with Gasteiger partial charge in [0.15, 0.2) is 11.2 Å². The highest BCUT2D eigenvalue weighted by atomic mass is 16.4. The summed E-state index contributed by atoms with van der Waals surface area (Å²) < 4.78 is 5.60. The number of amides is 1. The number of anilines is 2. The number of nitrogens with one attached hydrogen (secondary N) is 1. The van der Waals surface area contributed by atoms with Gasteiger partial charge in [-0.25, -0.2) is 15.0 Å². The van der Waals surface area contributed by atoms with Crippen LogP contribution in [0.25, 0.3) is 33.5 Å². The molecule has 1 amide bonds. The smallest absolute Gasteiger partial charge is 0.295 e. The van der Waals surface area contributed by atoms with Crippen LogP contribution in [0.3, 0.4) is 0 Å². The molecule has 4 aromatic rings. The van der Waals surface area contributed by atoms with Crippen LogP contribution in [-0.4, -0.2) is 69.5 Å². The Labute approximate surface area is 189 Å². The number of nitrogens with zero attached hydrogens (tertiary/aromatic N) is 6. The molecule has 1 saturated heterocycles. The van der Waals surface area contributed by atoms with Gasteiger partial charge in [-0.05, 0) is 43.2 Å². The van der Waals surface area contributed by atoms with Crippen molar-refractivity contribution >= 4 is 40.0 Å². The number of oxazole rings is 1. The molecule has 3 aromatic heterocycles. The number of carbonyl (C=O) groups excluding carboxylic acids is 1. The van der Waals surface area contributed by atoms with Crippen molar-refractivity contribution < 1.29 is 9.21 Å². The van der Waals surface area contributed by atoms with E-state index in [1.165, 1.54) is 0 Å². The zero-order valence-corrected chi connectivity index (χ0v) is 18.3. The predicted molar refractivity (Wildman–Crippen MR) is 125 cm³/mol. The van der Waals surface area contributed by atoms with Crippen molar-refractivity contribution in [1.82, 2.24) is 24.8 Å².